The van der Waals surface area contributed by atoms with Crippen LogP contribution in [0.25, 0.3) is 22.2 Å². The van der Waals surface area contributed by atoms with Crippen molar-refractivity contribution in [3.05, 3.63) is 40.3 Å². The number of aromatic amines is 1. The highest BCUT2D eigenvalue weighted by molar-refractivity contribution is 7.89. The zero-order valence-corrected chi connectivity index (χ0v) is 20.4. The molecule has 33 heavy (non-hydrogen) atoms. The van der Waals surface area contributed by atoms with E-state index in [1.165, 1.54) is 16.4 Å². The SMILES string of the molecule is CCCOc1ccc(S(=O)(=O)N(CC)CCO)cc1-c1cc2c(CCC)nn(C)c2c(=O)[nH]1. The van der Waals surface area contributed by atoms with E-state index in [1.54, 1.807) is 24.7 Å². The molecule has 0 unspecified atom stereocenters. The van der Waals surface area contributed by atoms with E-state index in [1.807, 2.05) is 19.9 Å². The number of likely N-dealkylation sites (N-methyl/N-ethyl adjacent to an activating group) is 1. The molecule has 3 aromatic rings. The van der Waals surface area contributed by atoms with Crippen LogP contribution < -0.4 is 10.3 Å². The van der Waals surface area contributed by atoms with Crippen LogP contribution in [0.1, 0.15) is 39.3 Å². The van der Waals surface area contributed by atoms with Gasteiger partial charge in [-0.05, 0) is 37.1 Å². The van der Waals surface area contributed by atoms with Gasteiger partial charge in [0.25, 0.3) is 5.56 Å². The molecule has 9 nitrogen and oxygen atoms in total. The van der Waals surface area contributed by atoms with Crippen LogP contribution in [0.3, 0.4) is 0 Å². The Labute approximate surface area is 194 Å². The van der Waals surface area contributed by atoms with Crippen molar-refractivity contribution >= 4 is 20.9 Å². The Morgan fingerprint density at radius 3 is 2.58 bits per heavy atom. The predicted octanol–water partition coefficient (Wildman–Crippen LogP) is 2.67. The number of rotatable bonds is 11. The second-order valence-electron chi connectivity index (χ2n) is 7.82. The van der Waals surface area contributed by atoms with Crippen molar-refractivity contribution in [2.45, 2.75) is 44.9 Å². The van der Waals surface area contributed by atoms with Crippen LogP contribution in [0.2, 0.25) is 0 Å². The van der Waals surface area contributed by atoms with Gasteiger partial charge in [-0.15, -0.1) is 0 Å². The maximum atomic E-state index is 13.2. The highest BCUT2D eigenvalue weighted by atomic mass is 32.2. The molecular weight excluding hydrogens is 444 g/mol. The van der Waals surface area contributed by atoms with Gasteiger partial charge in [0.1, 0.15) is 11.3 Å². The molecule has 0 fully saturated rings. The zero-order valence-electron chi connectivity index (χ0n) is 19.6. The summed E-state index contributed by atoms with van der Waals surface area (Å²) in [6.07, 6.45) is 2.38. The van der Waals surface area contributed by atoms with Gasteiger partial charge in [-0.25, -0.2) is 8.42 Å². The van der Waals surface area contributed by atoms with Crippen molar-refractivity contribution in [2.75, 3.05) is 26.3 Å². The number of ether oxygens (including phenoxy) is 1. The fraction of sp³-hybridized carbons (Fsp3) is 0.478. The average Bonchev–Trinajstić information content (AvgIpc) is 3.11. The summed E-state index contributed by atoms with van der Waals surface area (Å²) in [5.41, 5.74) is 1.94. The number of aromatic nitrogens is 3. The highest BCUT2D eigenvalue weighted by Crippen LogP contribution is 2.33. The molecule has 2 heterocycles. The van der Waals surface area contributed by atoms with Crippen LogP contribution >= 0.6 is 0 Å². The van der Waals surface area contributed by atoms with E-state index < -0.39 is 10.0 Å². The van der Waals surface area contributed by atoms with Crippen molar-refractivity contribution < 1.29 is 18.3 Å². The van der Waals surface area contributed by atoms with Crippen LogP contribution in [-0.2, 0) is 23.5 Å². The molecule has 2 aromatic heterocycles. The quantitative estimate of drug-likeness (QED) is 0.439. The van der Waals surface area contributed by atoms with E-state index in [0.717, 1.165) is 30.3 Å². The zero-order chi connectivity index (χ0) is 24.2. The van der Waals surface area contributed by atoms with Gasteiger partial charge in [0.05, 0.1) is 29.5 Å². The third kappa shape index (κ3) is 4.97. The van der Waals surface area contributed by atoms with E-state index in [4.69, 9.17) is 4.74 Å². The lowest BCUT2D eigenvalue weighted by Crippen LogP contribution is -2.33. The number of H-pyrrole nitrogens is 1. The molecule has 0 aliphatic heterocycles. The molecule has 10 heteroatoms. The van der Waals surface area contributed by atoms with Gasteiger partial charge >= 0.3 is 0 Å². The third-order valence-corrected chi connectivity index (χ3v) is 7.41. The fourth-order valence-electron chi connectivity index (χ4n) is 3.87. The van der Waals surface area contributed by atoms with Gasteiger partial charge in [0.15, 0.2) is 0 Å². The molecular formula is C23H32N4O5S. The Balaban J connectivity index is 2.23. The van der Waals surface area contributed by atoms with Crippen molar-refractivity contribution in [1.82, 2.24) is 19.1 Å². The summed E-state index contributed by atoms with van der Waals surface area (Å²) in [5.74, 6) is 0.483. The van der Waals surface area contributed by atoms with Gasteiger partial charge in [-0.2, -0.15) is 9.40 Å². The molecule has 0 bridgehead atoms. The topological polar surface area (TPSA) is 118 Å². The summed E-state index contributed by atoms with van der Waals surface area (Å²) in [7, 11) is -2.10. The van der Waals surface area contributed by atoms with Gasteiger partial charge in [0.2, 0.25) is 10.0 Å². The smallest absolute Gasteiger partial charge is 0.274 e. The molecule has 2 N–H and O–H groups in total. The number of nitrogens with zero attached hydrogens (tertiary/aromatic N) is 3. The van der Waals surface area contributed by atoms with Crippen LogP contribution in [0.5, 0.6) is 5.75 Å². The Bertz CT molecular complexity index is 1280. The van der Waals surface area contributed by atoms with E-state index in [9.17, 15) is 18.3 Å². The molecule has 1 aromatic carbocycles. The van der Waals surface area contributed by atoms with E-state index in [2.05, 4.69) is 10.1 Å². The van der Waals surface area contributed by atoms with Gasteiger partial charge < -0.3 is 14.8 Å². The highest BCUT2D eigenvalue weighted by Gasteiger charge is 2.25. The Kier molecular flexibility index (Phi) is 7.93. The number of pyridine rings is 1. The number of hydrogen-bond donors (Lipinski definition) is 2. The molecule has 0 atom stereocenters. The first kappa shape index (κ1) is 24.9. The molecule has 0 saturated heterocycles. The van der Waals surface area contributed by atoms with E-state index in [-0.39, 0.29) is 30.2 Å². The second kappa shape index (κ2) is 10.5. The number of nitrogens with one attached hydrogen (secondary N) is 1. The second-order valence-corrected chi connectivity index (χ2v) is 9.76. The van der Waals surface area contributed by atoms with E-state index >= 15 is 0 Å². The minimum absolute atomic E-state index is 0.00110. The lowest BCUT2D eigenvalue weighted by atomic mass is 10.1. The number of hydrogen-bond acceptors (Lipinski definition) is 6. The fourth-order valence-corrected chi connectivity index (χ4v) is 5.34. The summed E-state index contributed by atoms with van der Waals surface area (Å²) in [5, 5.41) is 14.5. The Hall–Kier alpha value is -2.69. The normalized spacial score (nSPS) is 12.1. The van der Waals surface area contributed by atoms with Crippen LogP contribution in [0.15, 0.2) is 34.0 Å². The van der Waals surface area contributed by atoms with Gasteiger partial charge in [-0.3, -0.25) is 9.48 Å². The van der Waals surface area contributed by atoms with Crippen LogP contribution in [-0.4, -0.2) is 58.9 Å². The number of fused-ring (bicyclic) bond motifs is 1. The first-order chi connectivity index (χ1) is 15.8. The Morgan fingerprint density at radius 1 is 1.18 bits per heavy atom. The first-order valence-electron chi connectivity index (χ1n) is 11.3. The number of sulfonamides is 1. The van der Waals surface area contributed by atoms with Gasteiger partial charge in [-0.1, -0.05) is 27.2 Å². The predicted molar refractivity (Wildman–Crippen MR) is 128 cm³/mol. The van der Waals surface area contributed by atoms with Crippen LogP contribution in [0.4, 0.5) is 0 Å². The van der Waals surface area contributed by atoms with Crippen molar-refractivity contribution in [2.24, 2.45) is 7.05 Å². The molecule has 0 saturated carbocycles. The molecule has 0 spiro atoms. The largest absolute Gasteiger partial charge is 0.493 e. The maximum Gasteiger partial charge on any atom is 0.274 e. The first-order valence-corrected chi connectivity index (χ1v) is 12.7. The number of aliphatic hydroxyl groups is 1. The molecule has 0 aliphatic carbocycles. The molecule has 180 valence electrons. The monoisotopic (exact) mass is 476 g/mol. The molecule has 0 amide bonds. The summed E-state index contributed by atoms with van der Waals surface area (Å²) in [6.45, 7) is 6.15. The molecule has 3 rings (SSSR count). The van der Waals surface area contributed by atoms with Gasteiger partial charge in [0, 0.05) is 31.1 Å². The standard InChI is InChI=1S/C23H32N4O5S/c1-5-8-19-18-15-20(24-23(29)22(18)26(4)25-19)17-14-16(9-10-21(17)32-13-6-2)33(30,31)27(7-3)11-12-28/h9-10,14-15,28H,5-8,11-13H2,1-4H3,(H,24,29). The lowest BCUT2D eigenvalue weighted by Gasteiger charge is -2.20. The molecule has 0 aliphatic rings. The van der Waals surface area contributed by atoms with E-state index in [0.29, 0.717) is 29.1 Å². The Morgan fingerprint density at radius 2 is 1.94 bits per heavy atom. The molecule has 0 radical (unpaired) electrons. The summed E-state index contributed by atoms with van der Waals surface area (Å²) >= 11 is 0. The summed E-state index contributed by atoms with van der Waals surface area (Å²) in [6, 6.07) is 6.47. The number of aliphatic hydroxyl groups excluding tert-OH is 1. The van der Waals surface area contributed by atoms with Crippen molar-refractivity contribution in [3.8, 4) is 17.0 Å². The third-order valence-electron chi connectivity index (χ3n) is 5.44. The minimum atomic E-state index is -3.84. The average molecular weight is 477 g/mol. The summed E-state index contributed by atoms with van der Waals surface area (Å²) in [4.78, 5) is 15.9. The summed E-state index contributed by atoms with van der Waals surface area (Å²) < 4.78 is 35.0. The van der Waals surface area contributed by atoms with Crippen molar-refractivity contribution in [1.29, 1.82) is 0 Å². The van der Waals surface area contributed by atoms with Crippen molar-refractivity contribution in [3.63, 3.8) is 0 Å². The number of benzene rings is 1. The van der Waals surface area contributed by atoms with Crippen LogP contribution in [0, 0.1) is 0 Å². The number of aryl methyl sites for hydroxylation is 2. The maximum absolute atomic E-state index is 13.2. The minimum Gasteiger partial charge on any atom is -0.493 e. The lowest BCUT2D eigenvalue weighted by molar-refractivity contribution is 0.257.